The van der Waals surface area contributed by atoms with Gasteiger partial charge in [-0.1, -0.05) is 0 Å². The molecule has 1 aromatic heterocycles. The van der Waals surface area contributed by atoms with E-state index >= 15 is 0 Å². The molecule has 0 aromatic carbocycles. The van der Waals surface area contributed by atoms with Crippen molar-refractivity contribution in [2.45, 2.75) is 27.7 Å². The lowest BCUT2D eigenvalue weighted by Gasteiger charge is -2.12. The zero-order valence-electron chi connectivity index (χ0n) is 11.5. The van der Waals surface area contributed by atoms with Gasteiger partial charge in [-0.05, 0) is 19.9 Å². The highest BCUT2D eigenvalue weighted by Crippen LogP contribution is 2.13. The fourth-order valence-corrected chi connectivity index (χ4v) is 1.65. The first kappa shape index (κ1) is 14.9. The van der Waals surface area contributed by atoms with Crippen molar-refractivity contribution in [2.75, 3.05) is 13.2 Å². The van der Waals surface area contributed by atoms with Crippen LogP contribution in [0.2, 0.25) is 0 Å². The van der Waals surface area contributed by atoms with Crippen LogP contribution < -0.4 is 4.73 Å². The monoisotopic (exact) mass is 267 g/mol. The molecule has 0 saturated carbocycles. The van der Waals surface area contributed by atoms with Crippen molar-refractivity contribution in [1.29, 1.82) is 0 Å². The Morgan fingerprint density at radius 2 is 1.42 bits per heavy atom. The van der Waals surface area contributed by atoms with E-state index in [2.05, 4.69) is 0 Å². The van der Waals surface area contributed by atoms with Gasteiger partial charge in [0.05, 0.1) is 13.2 Å². The summed E-state index contributed by atoms with van der Waals surface area (Å²) in [5.74, 6) is -1.26. The van der Waals surface area contributed by atoms with E-state index in [9.17, 15) is 14.8 Å². The number of aromatic nitrogens is 1. The van der Waals surface area contributed by atoms with Gasteiger partial charge in [-0.2, -0.15) is 4.73 Å². The predicted molar refractivity (Wildman–Crippen MR) is 66.8 cm³/mol. The van der Waals surface area contributed by atoms with Gasteiger partial charge in [0.1, 0.15) is 11.1 Å². The van der Waals surface area contributed by atoms with Crippen LogP contribution in [-0.2, 0) is 9.47 Å². The second-order valence-corrected chi connectivity index (χ2v) is 3.88. The minimum atomic E-state index is -0.629. The molecule has 1 rings (SSSR count). The molecule has 1 heterocycles. The van der Waals surface area contributed by atoms with Crippen LogP contribution in [0.1, 0.15) is 46.0 Å². The summed E-state index contributed by atoms with van der Waals surface area (Å²) < 4.78 is 10.3. The lowest BCUT2D eigenvalue weighted by Crippen LogP contribution is -2.38. The highest BCUT2D eigenvalue weighted by Gasteiger charge is 2.25. The number of hydrogen-bond acceptors (Lipinski definition) is 5. The lowest BCUT2D eigenvalue weighted by atomic mass is 10.1. The Morgan fingerprint density at radius 1 is 1.05 bits per heavy atom. The zero-order chi connectivity index (χ0) is 14.6. The summed E-state index contributed by atoms with van der Waals surface area (Å²) in [5.41, 5.74) is 0.545. The van der Waals surface area contributed by atoms with Gasteiger partial charge < -0.3 is 14.7 Å². The molecule has 0 atom stereocenters. The third kappa shape index (κ3) is 3.01. The van der Waals surface area contributed by atoms with Crippen LogP contribution in [0.15, 0.2) is 6.07 Å². The minimum absolute atomic E-state index is 0.0745. The van der Waals surface area contributed by atoms with Gasteiger partial charge >= 0.3 is 11.9 Å². The summed E-state index contributed by atoms with van der Waals surface area (Å²) in [5, 5.41) is 11.9. The molecule has 0 aliphatic rings. The number of carbonyl (C=O) groups excluding carboxylic acids is 2. The fraction of sp³-hybridized carbons (Fsp3) is 0.462. The van der Waals surface area contributed by atoms with Crippen molar-refractivity contribution in [3.05, 3.63) is 33.8 Å². The maximum Gasteiger partial charge on any atom is 0.344 e. The Bertz CT molecular complexity index is 468. The zero-order valence-corrected chi connectivity index (χ0v) is 11.5. The van der Waals surface area contributed by atoms with Crippen molar-refractivity contribution in [3.63, 3.8) is 0 Å². The van der Waals surface area contributed by atoms with E-state index in [0.29, 0.717) is 4.73 Å². The fourth-order valence-electron chi connectivity index (χ4n) is 1.65. The Labute approximate surface area is 111 Å². The number of ether oxygens (including phenoxy) is 2. The molecule has 6 heteroatoms. The van der Waals surface area contributed by atoms with Crippen LogP contribution in [0.4, 0.5) is 0 Å². The van der Waals surface area contributed by atoms with Gasteiger partial charge in [0.2, 0.25) is 11.4 Å². The summed E-state index contributed by atoms with van der Waals surface area (Å²) in [6, 6.07) is 1.34. The molecular weight excluding hydrogens is 250 g/mol. The van der Waals surface area contributed by atoms with E-state index in [1.165, 1.54) is 19.9 Å². The van der Waals surface area contributed by atoms with Gasteiger partial charge in [-0.25, -0.2) is 9.59 Å². The summed E-state index contributed by atoms with van der Waals surface area (Å²) in [6.07, 6.45) is 0. The molecule has 0 aliphatic carbocycles. The van der Waals surface area contributed by atoms with Crippen molar-refractivity contribution in [2.24, 2.45) is 0 Å². The Hall–Kier alpha value is -2.11. The molecule has 6 nitrogen and oxygen atoms in total. The van der Waals surface area contributed by atoms with E-state index in [-0.39, 0.29) is 35.7 Å². The Kier molecular flexibility index (Phi) is 4.86. The molecule has 0 radical (unpaired) electrons. The number of carbonyl (C=O) groups is 2. The second kappa shape index (κ2) is 6.17. The summed E-state index contributed by atoms with van der Waals surface area (Å²) in [4.78, 5) is 23.5. The van der Waals surface area contributed by atoms with E-state index in [1.807, 2.05) is 0 Å². The summed E-state index contributed by atoms with van der Waals surface area (Å²) >= 11 is 0. The van der Waals surface area contributed by atoms with Crippen molar-refractivity contribution < 1.29 is 23.8 Å². The Morgan fingerprint density at radius 3 is 1.74 bits per heavy atom. The largest absolute Gasteiger partial charge is 0.618 e. The van der Waals surface area contributed by atoms with Crippen LogP contribution in [-0.4, -0.2) is 25.2 Å². The molecule has 0 unspecified atom stereocenters. The summed E-state index contributed by atoms with van der Waals surface area (Å²) in [6.45, 7) is 6.72. The highest BCUT2D eigenvalue weighted by atomic mass is 16.5. The van der Waals surface area contributed by atoms with E-state index in [4.69, 9.17) is 9.47 Å². The number of hydrogen-bond donors (Lipinski definition) is 0. The van der Waals surface area contributed by atoms with Crippen LogP contribution in [0, 0.1) is 19.1 Å². The quantitative estimate of drug-likeness (QED) is 0.466. The molecule has 0 N–H and O–H groups in total. The molecular formula is C13H17NO5. The normalized spacial score (nSPS) is 10.1. The number of esters is 2. The third-order valence-corrected chi connectivity index (χ3v) is 2.67. The topological polar surface area (TPSA) is 79.5 Å². The first-order valence-corrected chi connectivity index (χ1v) is 6.02. The molecule has 0 fully saturated rings. The van der Waals surface area contributed by atoms with Crippen molar-refractivity contribution in [3.8, 4) is 0 Å². The van der Waals surface area contributed by atoms with Gasteiger partial charge in [0.25, 0.3) is 0 Å². The minimum Gasteiger partial charge on any atom is -0.618 e. The maximum absolute atomic E-state index is 11.9. The Balaban J connectivity index is 3.34. The number of pyridine rings is 1. The molecule has 0 saturated heterocycles. The molecule has 0 aliphatic heterocycles. The van der Waals surface area contributed by atoms with Crippen molar-refractivity contribution in [1.82, 2.24) is 0 Å². The molecule has 0 amide bonds. The smallest absolute Gasteiger partial charge is 0.344 e. The van der Waals surface area contributed by atoms with E-state index in [1.54, 1.807) is 13.8 Å². The van der Waals surface area contributed by atoms with Crippen molar-refractivity contribution >= 4 is 11.9 Å². The van der Waals surface area contributed by atoms with Gasteiger partial charge in [0, 0.05) is 13.8 Å². The van der Waals surface area contributed by atoms with E-state index < -0.39 is 11.9 Å². The molecule has 104 valence electrons. The number of nitrogens with zero attached hydrogens (tertiary/aromatic N) is 1. The molecule has 19 heavy (non-hydrogen) atoms. The highest BCUT2D eigenvalue weighted by molar-refractivity contribution is 5.96. The second-order valence-electron chi connectivity index (χ2n) is 3.88. The maximum atomic E-state index is 11.9. The summed E-state index contributed by atoms with van der Waals surface area (Å²) in [7, 11) is 0. The first-order chi connectivity index (χ1) is 8.93. The number of rotatable bonds is 4. The van der Waals surface area contributed by atoms with Gasteiger partial charge in [0.15, 0.2) is 0 Å². The SMILES string of the molecule is CCOC(=O)c1cc(C(=O)OCC)c(C)[n+]([O-])c1C. The van der Waals surface area contributed by atoms with Crippen LogP contribution in [0.3, 0.4) is 0 Å². The molecule has 0 bridgehead atoms. The van der Waals surface area contributed by atoms with Crippen LogP contribution >= 0.6 is 0 Å². The van der Waals surface area contributed by atoms with Gasteiger partial charge in [-0.15, -0.1) is 0 Å². The standard InChI is InChI=1S/C13H17NO5/c1-5-18-12(15)10-7-11(13(16)19-6-2)9(4)14(17)8(10)3/h7H,5-6H2,1-4H3. The average Bonchev–Trinajstić information content (AvgIpc) is 2.36. The van der Waals surface area contributed by atoms with Gasteiger partial charge in [-0.3, -0.25) is 0 Å². The van der Waals surface area contributed by atoms with Crippen LogP contribution in [0.5, 0.6) is 0 Å². The average molecular weight is 267 g/mol. The molecule has 1 aromatic rings. The van der Waals surface area contributed by atoms with E-state index in [0.717, 1.165) is 0 Å². The molecule has 0 spiro atoms. The van der Waals surface area contributed by atoms with Crippen LogP contribution in [0.25, 0.3) is 0 Å². The predicted octanol–water partition coefficient (Wildman–Crippen LogP) is 1.29. The lowest BCUT2D eigenvalue weighted by molar-refractivity contribution is -0.619. The third-order valence-electron chi connectivity index (χ3n) is 2.67. The first-order valence-electron chi connectivity index (χ1n) is 6.02.